The fourth-order valence-corrected chi connectivity index (χ4v) is 12.0. The fraction of sp³-hybridized carbons (Fsp3) is 0.946. The van der Waals surface area contributed by atoms with Crippen LogP contribution in [-0.4, -0.2) is 74.6 Å². The standard InChI is InChI=1S/C37H64O7/c1-21(2)11-10-15-37(9,44-32-31(42)22(3)30(41)25(20-38)43-32)23-12-17-36(8)29(23)24(39)19-27-34(6)16-14-28(40)33(4,5)26(34)13-18-35(27,36)7/h11,22-32,38-42H,10,12-20H2,1-9H3/t22-,23?,24?,25+,26?,27?,28-,29-,30-,31+,32+,34-,35+,36+,37-/m0/s1. The molecule has 254 valence electrons. The Bertz CT molecular complexity index is 1070. The first-order chi connectivity index (χ1) is 20.4. The summed E-state index contributed by atoms with van der Waals surface area (Å²) in [6, 6.07) is 0. The monoisotopic (exact) mass is 620 g/mol. The largest absolute Gasteiger partial charge is 0.394 e. The summed E-state index contributed by atoms with van der Waals surface area (Å²) in [5, 5.41) is 55.0. The summed E-state index contributed by atoms with van der Waals surface area (Å²) in [6.45, 7) is 19.7. The summed E-state index contributed by atoms with van der Waals surface area (Å²) < 4.78 is 12.9. The molecule has 5 aliphatic rings. The Balaban J connectivity index is 1.49. The number of hydrogen-bond acceptors (Lipinski definition) is 7. The lowest BCUT2D eigenvalue weighted by molar-refractivity contribution is -0.327. The Labute approximate surface area is 266 Å². The van der Waals surface area contributed by atoms with Gasteiger partial charge in [0.05, 0.1) is 30.5 Å². The van der Waals surface area contributed by atoms with Crippen LogP contribution in [0.5, 0.6) is 0 Å². The van der Waals surface area contributed by atoms with Gasteiger partial charge in [-0.2, -0.15) is 0 Å². The number of aliphatic hydroxyl groups excluding tert-OH is 5. The topological polar surface area (TPSA) is 120 Å². The van der Waals surface area contributed by atoms with Crippen LogP contribution in [0.3, 0.4) is 0 Å². The van der Waals surface area contributed by atoms with Crippen molar-refractivity contribution in [2.24, 2.45) is 51.2 Å². The van der Waals surface area contributed by atoms with Crippen molar-refractivity contribution in [2.45, 2.75) is 163 Å². The summed E-state index contributed by atoms with van der Waals surface area (Å²) in [6.07, 6.45) is 6.01. The third kappa shape index (κ3) is 5.18. The van der Waals surface area contributed by atoms with E-state index in [1.54, 1.807) is 6.92 Å². The van der Waals surface area contributed by atoms with Crippen LogP contribution in [-0.2, 0) is 9.47 Å². The van der Waals surface area contributed by atoms with E-state index >= 15 is 0 Å². The molecule has 0 amide bonds. The van der Waals surface area contributed by atoms with Gasteiger partial charge in [-0.3, -0.25) is 0 Å². The lowest BCUT2D eigenvalue weighted by Crippen LogP contribution is -2.66. The van der Waals surface area contributed by atoms with Crippen molar-refractivity contribution in [3.05, 3.63) is 11.6 Å². The van der Waals surface area contributed by atoms with E-state index in [1.165, 1.54) is 5.57 Å². The zero-order valence-electron chi connectivity index (χ0n) is 29.1. The zero-order chi connectivity index (χ0) is 32.6. The molecule has 4 saturated carbocycles. The van der Waals surface area contributed by atoms with Crippen molar-refractivity contribution in [2.75, 3.05) is 6.61 Å². The SMILES string of the molecule is CC(C)=CCC[C@](C)(O[C@H]1O[C@H](CO)[C@@H](O)[C@H](C)[C@H]1O)C1CC[C@]2(C)[C@@H]1C(O)CC1[C@@]3(C)CC[C@H](O)C(C)(C)C3CC[C@]12C. The molecule has 5 fully saturated rings. The molecule has 0 radical (unpaired) electrons. The van der Waals surface area contributed by atoms with E-state index in [4.69, 9.17) is 9.47 Å². The molecule has 7 heteroatoms. The first-order valence-corrected chi connectivity index (χ1v) is 17.7. The van der Waals surface area contributed by atoms with E-state index in [1.807, 2.05) is 0 Å². The van der Waals surface area contributed by atoms with Gasteiger partial charge in [-0.1, -0.05) is 53.2 Å². The van der Waals surface area contributed by atoms with Crippen LogP contribution in [0.15, 0.2) is 11.6 Å². The third-order valence-electron chi connectivity index (χ3n) is 15.0. The van der Waals surface area contributed by atoms with E-state index in [0.717, 1.165) is 57.8 Å². The molecule has 44 heavy (non-hydrogen) atoms. The highest BCUT2D eigenvalue weighted by atomic mass is 16.7. The lowest BCUT2D eigenvalue weighted by atomic mass is 9.35. The zero-order valence-corrected chi connectivity index (χ0v) is 29.1. The first-order valence-electron chi connectivity index (χ1n) is 17.7. The predicted octanol–water partition coefficient (Wildman–Crippen LogP) is 5.60. The van der Waals surface area contributed by atoms with Crippen LogP contribution in [0.25, 0.3) is 0 Å². The Morgan fingerprint density at radius 1 is 0.909 bits per heavy atom. The highest BCUT2D eigenvalue weighted by Crippen LogP contribution is 2.76. The smallest absolute Gasteiger partial charge is 0.184 e. The maximum absolute atomic E-state index is 12.3. The van der Waals surface area contributed by atoms with Crippen LogP contribution in [0.2, 0.25) is 0 Å². The summed E-state index contributed by atoms with van der Waals surface area (Å²) >= 11 is 0. The minimum Gasteiger partial charge on any atom is -0.394 e. The number of allylic oxidation sites excluding steroid dienone is 2. The predicted molar refractivity (Wildman–Crippen MR) is 171 cm³/mol. The van der Waals surface area contributed by atoms with Crippen molar-refractivity contribution >= 4 is 0 Å². The summed E-state index contributed by atoms with van der Waals surface area (Å²) in [7, 11) is 0. The van der Waals surface area contributed by atoms with E-state index in [9.17, 15) is 25.5 Å². The van der Waals surface area contributed by atoms with Gasteiger partial charge in [0.25, 0.3) is 0 Å². The van der Waals surface area contributed by atoms with Crippen LogP contribution in [0.4, 0.5) is 0 Å². The molecular weight excluding hydrogens is 556 g/mol. The molecule has 0 aromatic rings. The summed E-state index contributed by atoms with van der Waals surface area (Å²) in [4.78, 5) is 0. The number of aliphatic hydroxyl groups is 5. The van der Waals surface area contributed by atoms with Gasteiger partial charge in [-0.25, -0.2) is 0 Å². The van der Waals surface area contributed by atoms with Crippen molar-refractivity contribution in [1.82, 2.24) is 0 Å². The van der Waals surface area contributed by atoms with Crippen molar-refractivity contribution < 1.29 is 35.0 Å². The van der Waals surface area contributed by atoms with Gasteiger partial charge < -0.3 is 35.0 Å². The Morgan fingerprint density at radius 2 is 1.57 bits per heavy atom. The normalized spacial score (nSPS) is 51.5. The summed E-state index contributed by atoms with van der Waals surface area (Å²) in [5.74, 6) is 0.410. The Morgan fingerprint density at radius 3 is 2.20 bits per heavy atom. The number of ether oxygens (including phenoxy) is 2. The minimum atomic E-state index is -1.03. The highest BCUT2D eigenvalue weighted by Gasteiger charge is 2.71. The molecule has 5 rings (SSSR count). The van der Waals surface area contributed by atoms with E-state index in [-0.39, 0.29) is 46.2 Å². The van der Waals surface area contributed by atoms with Crippen LogP contribution < -0.4 is 0 Å². The first kappa shape index (κ1) is 34.8. The van der Waals surface area contributed by atoms with Gasteiger partial charge in [-0.05, 0) is 124 Å². The van der Waals surface area contributed by atoms with Gasteiger partial charge in [0.1, 0.15) is 12.2 Å². The van der Waals surface area contributed by atoms with Crippen molar-refractivity contribution in [3.63, 3.8) is 0 Å². The molecule has 0 aromatic heterocycles. The molecule has 1 saturated heterocycles. The quantitative estimate of drug-likeness (QED) is 0.235. The van der Waals surface area contributed by atoms with Gasteiger partial charge >= 0.3 is 0 Å². The molecule has 1 heterocycles. The van der Waals surface area contributed by atoms with Crippen molar-refractivity contribution in [3.8, 4) is 0 Å². The molecule has 7 nitrogen and oxygen atoms in total. The second kappa shape index (κ2) is 11.9. The Hall–Kier alpha value is -0.540. The van der Waals surface area contributed by atoms with Crippen LogP contribution >= 0.6 is 0 Å². The average Bonchev–Trinajstić information content (AvgIpc) is 3.33. The lowest BCUT2D eigenvalue weighted by Gasteiger charge is -2.70. The maximum Gasteiger partial charge on any atom is 0.184 e. The fourth-order valence-electron chi connectivity index (χ4n) is 12.0. The molecule has 5 N–H and O–H groups in total. The second-order valence-electron chi connectivity index (χ2n) is 17.7. The number of rotatable bonds is 7. The van der Waals surface area contributed by atoms with Gasteiger partial charge in [0.15, 0.2) is 6.29 Å². The highest BCUT2D eigenvalue weighted by molar-refractivity contribution is 5.20. The van der Waals surface area contributed by atoms with Gasteiger partial charge in [0, 0.05) is 5.92 Å². The van der Waals surface area contributed by atoms with Crippen LogP contribution in [0.1, 0.15) is 120 Å². The average molecular weight is 621 g/mol. The maximum atomic E-state index is 12.3. The van der Waals surface area contributed by atoms with Crippen LogP contribution in [0, 0.1) is 51.2 Å². The minimum absolute atomic E-state index is 0.0418. The number of hydrogen-bond donors (Lipinski definition) is 5. The van der Waals surface area contributed by atoms with E-state index in [2.05, 4.69) is 61.5 Å². The second-order valence-corrected chi connectivity index (χ2v) is 17.7. The molecule has 1 aliphatic heterocycles. The molecule has 4 unspecified atom stereocenters. The number of fused-ring (bicyclic) bond motifs is 5. The van der Waals surface area contributed by atoms with Gasteiger partial charge in [-0.15, -0.1) is 0 Å². The Kier molecular flexibility index (Phi) is 9.37. The molecule has 0 aromatic carbocycles. The van der Waals surface area contributed by atoms with Crippen molar-refractivity contribution in [1.29, 1.82) is 0 Å². The summed E-state index contributed by atoms with van der Waals surface area (Å²) in [5.41, 5.74) is 0.459. The molecule has 4 aliphatic carbocycles. The van der Waals surface area contributed by atoms with E-state index in [0.29, 0.717) is 11.8 Å². The molecule has 0 spiro atoms. The van der Waals surface area contributed by atoms with Gasteiger partial charge in [0.2, 0.25) is 0 Å². The molecule has 0 bridgehead atoms. The third-order valence-corrected chi connectivity index (χ3v) is 15.0. The molecule has 15 atom stereocenters. The van der Waals surface area contributed by atoms with E-state index < -0.39 is 42.2 Å². The molecular formula is C37H64O7.